The smallest absolute Gasteiger partial charge is 0.272 e. The number of nitrogens with zero attached hydrogens (tertiary/aromatic N) is 3. The molecule has 0 aliphatic carbocycles. The summed E-state index contributed by atoms with van der Waals surface area (Å²) in [5, 5.41) is 10.7. The van der Waals surface area contributed by atoms with Crippen LogP contribution < -0.4 is 15.4 Å². The lowest BCUT2D eigenvalue weighted by Gasteiger charge is -2.22. The Balaban J connectivity index is 1.55. The van der Waals surface area contributed by atoms with E-state index in [4.69, 9.17) is 4.74 Å². The average molecular weight is 357 g/mol. The number of amides is 1. The average Bonchev–Trinajstić information content (AvgIpc) is 3.17. The third kappa shape index (κ3) is 4.82. The number of piperidine rings is 1. The maximum absolute atomic E-state index is 12.4. The fraction of sp³-hybridized carbons (Fsp3) is 0.526. The van der Waals surface area contributed by atoms with Gasteiger partial charge in [0.15, 0.2) is 0 Å². The van der Waals surface area contributed by atoms with Gasteiger partial charge in [0.25, 0.3) is 5.91 Å². The van der Waals surface area contributed by atoms with Crippen LogP contribution >= 0.6 is 0 Å². The minimum absolute atomic E-state index is 0.116. The first-order valence-electron chi connectivity index (χ1n) is 9.31. The van der Waals surface area contributed by atoms with Gasteiger partial charge in [0.05, 0.1) is 12.1 Å². The summed E-state index contributed by atoms with van der Waals surface area (Å²) in [6, 6.07) is 5.83. The highest BCUT2D eigenvalue weighted by Crippen LogP contribution is 2.16. The van der Waals surface area contributed by atoms with E-state index in [0.717, 1.165) is 37.9 Å². The van der Waals surface area contributed by atoms with E-state index in [1.807, 2.05) is 29.9 Å². The summed E-state index contributed by atoms with van der Waals surface area (Å²) in [5.41, 5.74) is 1.39. The lowest BCUT2D eigenvalue weighted by atomic mass is 10.1. The SMILES string of the molecule is CCC(C)Oc1cc(CNC(=O)c2ccn(C3CCCNC3)n2)ccn1. The fourth-order valence-electron chi connectivity index (χ4n) is 2.91. The van der Waals surface area contributed by atoms with Gasteiger partial charge in [-0.3, -0.25) is 9.48 Å². The van der Waals surface area contributed by atoms with E-state index in [-0.39, 0.29) is 12.0 Å². The minimum Gasteiger partial charge on any atom is -0.475 e. The van der Waals surface area contributed by atoms with Crippen molar-refractivity contribution in [1.82, 2.24) is 25.4 Å². The summed E-state index contributed by atoms with van der Waals surface area (Å²) in [5.74, 6) is 0.411. The fourth-order valence-corrected chi connectivity index (χ4v) is 2.91. The first-order valence-corrected chi connectivity index (χ1v) is 9.31. The Kier molecular flexibility index (Phi) is 6.22. The molecular formula is C19H27N5O2. The van der Waals surface area contributed by atoms with Crippen molar-refractivity contribution in [3.05, 3.63) is 41.9 Å². The summed E-state index contributed by atoms with van der Waals surface area (Å²) >= 11 is 0. The maximum atomic E-state index is 12.4. The zero-order valence-corrected chi connectivity index (χ0v) is 15.4. The highest BCUT2D eigenvalue weighted by molar-refractivity contribution is 5.92. The van der Waals surface area contributed by atoms with Crippen molar-refractivity contribution in [2.45, 2.75) is 51.8 Å². The zero-order valence-electron chi connectivity index (χ0n) is 15.4. The first kappa shape index (κ1) is 18.4. The maximum Gasteiger partial charge on any atom is 0.272 e. The first-order chi connectivity index (χ1) is 12.7. The molecule has 140 valence electrons. The Bertz CT molecular complexity index is 724. The normalized spacial score (nSPS) is 18.3. The van der Waals surface area contributed by atoms with Crippen molar-refractivity contribution in [2.24, 2.45) is 0 Å². The number of nitrogens with one attached hydrogen (secondary N) is 2. The van der Waals surface area contributed by atoms with E-state index in [2.05, 4.69) is 27.6 Å². The number of carbonyl (C=O) groups excluding carboxylic acids is 1. The lowest BCUT2D eigenvalue weighted by molar-refractivity contribution is 0.0944. The molecule has 0 saturated carbocycles. The molecule has 0 radical (unpaired) electrons. The van der Waals surface area contributed by atoms with E-state index in [1.54, 1.807) is 12.3 Å². The monoisotopic (exact) mass is 357 g/mol. The van der Waals surface area contributed by atoms with E-state index < -0.39 is 0 Å². The molecule has 26 heavy (non-hydrogen) atoms. The van der Waals surface area contributed by atoms with Gasteiger partial charge in [-0.05, 0) is 50.4 Å². The summed E-state index contributed by atoms with van der Waals surface area (Å²) in [7, 11) is 0. The number of aromatic nitrogens is 3. The summed E-state index contributed by atoms with van der Waals surface area (Å²) in [4.78, 5) is 16.6. The lowest BCUT2D eigenvalue weighted by Crippen LogP contribution is -2.32. The van der Waals surface area contributed by atoms with Gasteiger partial charge < -0.3 is 15.4 Å². The Morgan fingerprint density at radius 3 is 3.15 bits per heavy atom. The molecule has 1 amide bonds. The van der Waals surface area contributed by atoms with Gasteiger partial charge in [-0.1, -0.05) is 6.92 Å². The van der Waals surface area contributed by atoms with Crippen LogP contribution in [0, 0.1) is 0 Å². The second kappa shape index (κ2) is 8.80. The number of hydrogen-bond acceptors (Lipinski definition) is 5. The van der Waals surface area contributed by atoms with Crippen molar-refractivity contribution in [1.29, 1.82) is 0 Å². The van der Waals surface area contributed by atoms with Gasteiger partial charge in [0, 0.05) is 31.5 Å². The number of hydrogen-bond donors (Lipinski definition) is 2. The van der Waals surface area contributed by atoms with Crippen LogP contribution in [-0.4, -0.2) is 39.9 Å². The van der Waals surface area contributed by atoms with Crippen molar-refractivity contribution in [2.75, 3.05) is 13.1 Å². The van der Waals surface area contributed by atoms with Crippen molar-refractivity contribution >= 4 is 5.91 Å². The molecule has 7 nitrogen and oxygen atoms in total. The highest BCUT2D eigenvalue weighted by Gasteiger charge is 2.17. The van der Waals surface area contributed by atoms with E-state index >= 15 is 0 Å². The van der Waals surface area contributed by atoms with Crippen LogP contribution in [-0.2, 0) is 6.54 Å². The molecule has 1 aliphatic heterocycles. The predicted octanol–water partition coefficient (Wildman–Crippen LogP) is 2.31. The number of ether oxygens (including phenoxy) is 1. The van der Waals surface area contributed by atoms with Crippen LogP contribution in [0.4, 0.5) is 0 Å². The van der Waals surface area contributed by atoms with Gasteiger partial charge in [-0.2, -0.15) is 5.10 Å². The largest absolute Gasteiger partial charge is 0.475 e. The topological polar surface area (TPSA) is 81.1 Å². The van der Waals surface area contributed by atoms with Crippen LogP contribution in [0.3, 0.4) is 0 Å². The predicted molar refractivity (Wildman–Crippen MR) is 99.2 cm³/mol. The molecule has 3 rings (SSSR count). The summed E-state index contributed by atoms with van der Waals surface area (Å²) in [6.45, 7) is 6.44. The molecule has 2 N–H and O–H groups in total. The Morgan fingerprint density at radius 1 is 1.50 bits per heavy atom. The Hall–Kier alpha value is -2.41. The van der Waals surface area contributed by atoms with Crippen molar-refractivity contribution in [3.63, 3.8) is 0 Å². The standard InChI is InChI=1S/C19H27N5O2/c1-3-14(2)26-18-11-15(6-9-21-18)12-22-19(25)17-7-10-24(23-17)16-5-4-8-20-13-16/h6-7,9-11,14,16,20H,3-5,8,12-13H2,1-2H3,(H,22,25). The molecule has 1 saturated heterocycles. The molecule has 0 bridgehead atoms. The van der Waals surface area contributed by atoms with Gasteiger partial charge in [0.2, 0.25) is 5.88 Å². The molecule has 7 heteroatoms. The molecule has 2 aromatic heterocycles. The van der Waals surface area contributed by atoms with Crippen LogP contribution in [0.15, 0.2) is 30.6 Å². The molecule has 2 aromatic rings. The van der Waals surface area contributed by atoms with E-state index in [9.17, 15) is 4.79 Å². The molecule has 3 heterocycles. The quantitative estimate of drug-likeness (QED) is 0.795. The second-order valence-corrected chi connectivity index (χ2v) is 6.70. The van der Waals surface area contributed by atoms with E-state index in [1.165, 1.54) is 0 Å². The Morgan fingerprint density at radius 2 is 2.38 bits per heavy atom. The molecule has 1 fully saturated rings. The molecule has 2 atom stereocenters. The van der Waals surface area contributed by atoms with Gasteiger partial charge in [0.1, 0.15) is 5.69 Å². The van der Waals surface area contributed by atoms with Crippen LogP contribution in [0.1, 0.15) is 55.2 Å². The van der Waals surface area contributed by atoms with E-state index in [0.29, 0.717) is 24.2 Å². The van der Waals surface area contributed by atoms with Crippen LogP contribution in [0.2, 0.25) is 0 Å². The van der Waals surface area contributed by atoms with Crippen molar-refractivity contribution in [3.8, 4) is 5.88 Å². The molecule has 0 spiro atoms. The Labute approximate surface area is 154 Å². The van der Waals surface area contributed by atoms with Gasteiger partial charge in [-0.15, -0.1) is 0 Å². The van der Waals surface area contributed by atoms with Gasteiger partial charge >= 0.3 is 0 Å². The van der Waals surface area contributed by atoms with Crippen LogP contribution in [0.5, 0.6) is 5.88 Å². The summed E-state index contributed by atoms with van der Waals surface area (Å²) in [6.07, 6.45) is 6.84. The second-order valence-electron chi connectivity index (χ2n) is 6.70. The molecule has 2 unspecified atom stereocenters. The van der Waals surface area contributed by atoms with Crippen LogP contribution in [0.25, 0.3) is 0 Å². The summed E-state index contributed by atoms with van der Waals surface area (Å²) < 4.78 is 7.62. The molecular weight excluding hydrogens is 330 g/mol. The number of pyridine rings is 1. The third-order valence-electron chi connectivity index (χ3n) is 4.64. The van der Waals surface area contributed by atoms with Crippen molar-refractivity contribution < 1.29 is 9.53 Å². The highest BCUT2D eigenvalue weighted by atomic mass is 16.5. The number of rotatable bonds is 7. The number of carbonyl (C=O) groups is 1. The molecule has 0 aromatic carbocycles. The van der Waals surface area contributed by atoms with Gasteiger partial charge in [-0.25, -0.2) is 4.98 Å². The third-order valence-corrected chi connectivity index (χ3v) is 4.64. The minimum atomic E-state index is -0.172. The molecule has 1 aliphatic rings. The zero-order chi connectivity index (χ0) is 18.4.